The van der Waals surface area contributed by atoms with Crippen LogP contribution in [0.2, 0.25) is 0 Å². The monoisotopic (exact) mass is 238 g/mol. The van der Waals surface area contributed by atoms with Gasteiger partial charge in [0.2, 0.25) is 0 Å². The van der Waals surface area contributed by atoms with E-state index in [1.54, 1.807) is 16.9 Å². The second-order valence-electron chi connectivity index (χ2n) is 2.28. The molecule has 0 spiro atoms. The molecule has 0 aromatic carbocycles. The molecular weight excluding hydrogens is 235 g/mol. The summed E-state index contributed by atoms with van der Waals surface area (Å²) in [6.07, 6.45) is 4.87. The third-order valence-corrected chi connectivity index (χ3v) is 1.93. The van der Waals surface area contributed by atoms with E-state index < -0.39 is 0 Å². The Balaban J connectivity index is 2.61. The molecule has 0 saturated carbocycles. The molecule has 2 aromatic heterocycles. The molecule has 0 saturated heterocycles. The van der Waals surface area contributed by atoms with Gasteiger partial charge >= 0.3 is 82.2 Å². The maximum atomic E-state index is 6.78. The van der Waals surface area contributed by atoms with Crippen LogP contribution in [0.5, 0.6) is 5.75 Å². The molecule has 0 bridgehead atoms. The van der Waals surface area contributed by atoms with Crippen LogP contribution in [0, 0.1) is 5.31 Å². The zero-order chi connectivity index (χ0) is 9.26. The predicted molar refractivity (Wildman–Crippen MR) is 49.8 cm³/mol. The zero-order valence-electron chi connectivity index (χ0n) is 6.44. The van der Waals surface area contributed by atoms with Crippen molar-refractivity contribution >= 4 is 28.7 Å². The maximum absolute atomic E-state index is 6.78. The van der Waals surface area contributed by atoms with E-state index in [2.05, 4.69) is 26.0 Å². The summed E-state index contributed by atoms with van der Waals surface area (Å²) in [7, 11) is 0.860. The van der Waals surface area contributed by atoms with Gasteiger partial charge in [0.1, 0.15) is 0 Å². The van der Waals surface area contributed by atoms with E-state index in [1.807, 2.05) is 0 Å². The molecule has 0 aliphatic heterocycles. The van der Waals surface area contributed by atoms with Gasteiger partial charge in [0.05, 0.1) is 0 Å². The normalized spacial score (nSPS) is 9.92. The van der Waals surface area contributed by atoms with Gasteiger partial charge in [-0.1, -0.05) is 0 Å². The molecule has 2 aromatic rings. The third-order valence-electron chi connectivity index (χ3n) is 1.52. The van der Waals surface area contributed by atoms with Gasteiger partial charge in [-0.25, -0.2) is 0 Å². The molecular formula is C6H4BBrN4O. The minimum absolute atomic E-state index is 0.523. The third kappa shape index (κ3) is 1.46. The van der Waals surface area contributed by atoms with Crippen LogP contribution in [0.25, 0.3) is 5.52 Å². The first-order valence-electron chi connectivity index (χ1n) is 3.46. The summed E-state index contributed by atoms with van der Waals surface area (Å²) < 4.78 is 7.22. The van der Waals surface area contributed by atoms with Crippen molar-refractivity contribution in [3.8, 4) is 5.75 Å². The van der Waals surface area contributed by atoms with E-state index in [0.717, 1.165) is 12.8 Å². The summed E-state index contributed by atoms with van der Waals surface area (Å²) in [6, 6.07) is 0. The standard InChI is InChI=1S/C6H4BBrN4O/c8-6-3-12-4(1-10-6)5(2-11-12)13-7-9/h1-3,9H. The quantitative estimate of drug-likeness (QED) is 0.802. The number of hydrogen-bond acceptors (Lipinski definition) is 4. The molecule has 2 heterocycles. The summed E-state index contributed by atoms with van der Waals surface area (Å²) in [5.74, 6) is 0.523. The molecule has 1 N–H and O–H groups in total. The van der Waals surface area contributed by atoms with Gasteiger partial charge in [-0.05, 0) is 0 Å². The Morgan fingerprint density at radius 3 is 3.15 bits per heavy atom. The first kappa shape index (κ1) is 8.37. The number of halogens is 1. The Morgan fingerprint density at radius 1 is 1.54 bits per heavy atom. The molecule has 0 radical (unpaired) electrons. The van der Waals surface area contributed by atoms with Crippen LogP contribution in [0.1, 0.15) is 0 Å². The average molecular weight is 239 g/mol. The van der Waals surface area contributed by atoms with Gasteiger partial charge in [-0.2, -0.15) is 0 Å². The summed E-state index contributed by atoms with van der Waals surface area (Å²) in [6.45, 7) is 0. The van der Waals surface area contributed by atoms with Crippen LogP contribution in [0.4, 0.5) is 0 Å². The van der Waals surface area contributed by atoms with Crippen LogP contribution in [-0.4, -0.2) is 21.9 Å². The predicted octanol–water partition coefficient (Wildman–Crippen LogP) is 1.25. The van der Waals surface area contributed by atoms with E-state index in [1.165, 1.54) is 6.20 Å². The minimum atomic E-state index is 0.523. The number of rotatable bonds is 2. The van der Waals surface area contributed by atoms with E-state index in [-0.39, 0.29) is 0 Å². The van der Waals surface area contributed by atoms with Crippen molar-refractivity contribution in [1.29, 1.82) is 5.31 Å². The molecule has 2 rings (SSSR count). The Bertz CT molecular complexity index is 457. The van der Waals surface area contributed by atoms with Gasteiger partial charge in [-0.3, -0.25) is 0 Å². The van der Waals surface area contributed by atoms with Crippen molar-refractivity contribution in [3.05, 3.63) is 23.2 Å². The van der Waals surface area contributed by atoms with Crippen molar-refractivity contribution in [1.82, 2.24) is 14.6 Å². The Hall–Kier alpha value is -1.24. The van der Waals surface area contributed by atoms with Gasteiger partial charge in [0.15, 0.2) is 0 Å². The van der Waals surface area contributed by atoms with Crippen LogP contribution in [0.15, 0.2) is 23.2 Å². The fourth-order valence-electron chi connectivity index (χ4n) is 0.993. The van der Waals surface area contributed by atoms with Crippen LogP contribution in [-0.2, 0) is 0 Å². The van der Waals surface area contributed by atoms with E-state index in [9.17, 15) is 0 Å². The van der Waals surface area contributed by atoms with Gasteiger partial charge in [0.25, 0.3) is 0 Å². The van der Waals surface area contributed by atoms with E-state index in [4.69, 9.17) is 9.97 Å². The van der Waals surface area contributed by atoms with Crippen molar-refractivity contribution in [2.24, 2.45) is 0 Å². The molecule has 5 nitrogen and oxygen atoms in total. The topological polar surface area (TPSA) is 63.3 Å². The van der Waals surface area contributed by atoms with E-state index in [0.29, 0.717) is 10.4 Å². The molecule has 64 valence electrons. The van der Waals surface area contributed by atoms with Crippen LogP contribution in [0.3, 0.4) is 0 Å². The van der Waals surface area contributed by atoms with E-state index >= 15 is 0 Å². The van der Waals surface area contributed by atoms with Crippen molar-refractivity contribution in [2.75, 3.05) is 0 Å². The van der Waals surface area contributed by atoms with Gasteiger partial charge < -0.3 is 0 Å². The number of hydrogen-bond donors (Lipinski definition) is 1. The molecule has 0 unspecified atom stereocenters. The molecule has 0 fully saturated rings. The number of nitrogens with one attached hydrogen (secondary N) is 1. The zero-order valence-corrected chi connectivity index (χ0v) is 8.02. The second kappa shape index (κ2) is 3.25. The summed E-state index contributed by atoms with van der Waals surface area (Å²) in [4.78, 5) is 4.02. The SMILES string of the molecule is N=BOc1cnn2cc(Br)ncc12. The molecule has 0 aliphatic carbocycles. The fourth-order valence-corrected chi connectivity index (χ4v) is 1.29. The van der Waals surface area contributed by atoms with Crippen molar-refractivity contribution in [2.45, 2.75) is 0 Å². The summed E-state index contributed by atoms with van der Waals surface area (Å²) in [5, 5.41) is 10.8. The van der Waals surface area contributed by atoms with Crippen molar-refractivity contribution in [3.63, 3.8) is 0 Å². The van der Waals surface area contributed by atoms with Gasteiger partial charge in [-0.15, -0.1) is 0 Å². The Kier molecular flexibility index (Phi) is 2.09. The van der Waals surface area contributed by atoms with Crippen LogP contribution < -0.4 is 4.65 Å². The molecule has 13 heavy (non-hydrogen) atoms. The second-order valence-corrected chi connectivity index (χ2v) is 3.10. The summed E-state index contributed by atoms with van der Waals surface area (Å²) >= 11 is 3.22. The Morgan fingerprint density at radius 2 is 2.38 bits per heavy atom. The van der Waals surface area contributed by atoms with Crippen molar-refractivity contribution < 1.29 is 4.65 Å². The van der Waals surface area contributed by atoms with Crippen LogP contribution >= 0.6 is 15.9 Å². The number of nitrogens with zero attached hydrogens (tertiary/aromatic N) is 3. The van der Waals surface area contributed by atoms with Gasteiger partial charge in [0, 0.05) is 0 Å². The fraction of sp³-hybridized carbons (Fsp3) is 0. The first-order valence-corrected chi connectivity index (χ1v) is 4.25. The average Bonchev–Trinajstić information content (AvgIpc) is 2.49. The Labute approximate surface area is 82.6 Å². The number of aromatic nitrogens is 3. The molecule has 0 aliphatic rings. The molecule has 7 heteroatoms. The molecule has 0 amide bonds. The first-order chi connectivity index (χ1) is 6.31. The molecule has 0 atom stereocenters. The number of fused-ring (bicyclic) bond motifs is 1. The summed E-state index contributed by atoms with van der Waals surface area (Å²) in [5.41, 5.74) is 0.728.